The Balaban J connectivity index is 1.45. The van der Waals surface area contributed by atoms with Crippen molar-refractivity contribution in [2.45, 2.75) is 19.8 Å². The predicted octanol–water partition coefficient (Wildman–Crippen LogP) is 2.95. The number of nitrogens with one attached hydrogen (secondary N) is 2. The van der Waals surface area contributed by atoms with Gasteiger partial charge in [-0.05, 0) is 56.2 Å². The molecule has 1 fully saturated rings. The number of ether oxygens (including phenoxy) is 1. The number of esters is 1. The van der Waals surface area contributed by atoms with Gasteiger partial charge >= 0.3 is 5.97 Å². The van der Waals surface area contributed by atoms with E-state index >= 15 is 0 Å². The molecule has 2 N–H and O–H groups in total. The van der Waals surface area contributed by atoms with E-state index in [-0.39, 0.29) is 17.4 Å². The zero-order valence-electron chi connectivity index (χ0n) is 17.3. The van der Waals surface area contributed by atoms with Crippen LogP contribution in [-0.4, -0.2) is 41.5 Å². The highest BCUT2D eigenvalue weighted by Crippen LogP contribution is 2.22. The lowest BCUT2D eigenvalue weighted by Gasteiger charge is -2.32. The molecule has 0 saturated carbocycles. The maximum Gasteiger partial charge on any atom is 0.338 e. The lowest BCUT2D eigenvalue weighted by molar-refractivity contribution is -0.120. The van der Waals surface area contributed by atoms with Gasteiger partial charge in [-0.1, -0.05) is 12.1 Å². The number of rotatable bonds is 5. The van der Waals surface area contributed by atoms with Crippen molar-refractivity contribution in [3.05, 3.63) is 64.4 Å². The van der Waals surface area contributed by atoms with Gasteiger partial charge < -0.3 is 19.9 Å². The maximum absolute atomic E-state index is 12.8. The number of hydrogen-bond acceptors (Lipinski definition) is 6. The van der Waals surface area contributed by atoms with Crippen LogP contribution in [0.25, 0.3) is 11.0 Å². The molecule has 0 radical (unpaired) electrons. The standard InChI is InChI=1S/C23H24N4O4/c1-2-31-23(30)15-9-11-17(12-10-15)24-21(28)16-6-5-13-27(14-16)20-22(29)26-19-8-4-3-7-18(19)25-20/h3-4,7-12,16H,2,5-6,13-14H2,1H3,(H,24,28)(H,26,29)/t16-/m1/s1. The molecule has 1 amide bonds. The number of piperidine rings is 1. The smallest absolute Gasteiger partial charge is 0.338 e. The second-order valence-corrected chi connectivity index (χ2v) is 7.48. The van der Waals surface area contributed by atoms with Gasteiger partial charge in [0.25, 0.3) is 5.56 Å². The summed E-state index contributed by atoms with van der Waals surface area (Å²) in [7, 11) is 0. The Morgan fingerprint density at radius 3 is 2.74 bits per heavy atom. The molecule has 160 valence electrons. The van der Waals surface area contributed by atoms with Crippen LogP contribution >= 0.6 is 0 Å². The van der Waals surface area contributed by atoms with Gasteiger partial charge in [0.2, 0.25) is 5.91 Å². The summed E-state index contributed by atoms with van der Waals surface area (Å²) < 4.78 is 4.97. The quantitative estimate of drug-likeness (QED) is 0.615. The summed E-state index contributed by atoms with van der Waals surface area (Å²) in [6, 6.07) is 14.0. The van der Waals surface area contributed by atoms with Crippen LogP contribution in [0.15, 0.2) is 53.3 Å². The Kier molecular flexibility index (Phi) is 5.97. The summed E-state index contributed by atoms with van der Waals surface area (Å²) in [5, 5.41) is 2.90. The topological polar surface area (TPSA) is 104 Å². The van der Waals surface area contributed by atoms with Crippen LogP contribution in [0.1, 0.15) is 30.1 Å². The van der Waals surface area contributed by atoms with Gasteiger partial charge in [-0.15, -0.1) is 0 Å². The van der Waals surface area contributed by atoms with Crippen LogP contribution in [0.5, 0.6) is 0 Å². The molecule has 31 heavy (non-hydrogen) atoms. The molecule has 1 atom stereocenters. The molecular formula is C23H24N4O4. The number of hydrogen-bond donors (Lipinski definition) is 2. The van der Waals surface area contributed by atoms with E-state index in [0.29, 0.717) is 47.8 Å². The second kappa shape index (κ2) is 8.99. The van der Waals surface area contributed by atoms with E-state index < -0.39 is 5.97 Å². The minimum atomic E-state index is -0.392. The molecule has 1 aromatic heterocycles. The van der Waals surface area contributed by atoms with Crippen molar-refractivity contribution in [3.63, 3.8) is 0 Å². The van der Waals surface area contributed by atoms with Gasteiger partial charge in [0, 0.05) is 18.8 Å². The lowest BCUT2D eigenvalue weighted by atomic mass is 9.97. The molecular weight excluding hydrogens is 396 g/mol. The molecule has 0 unspecified atom stereocenters. The zero-order chi connectivity index (χ0) is 21.8. The molecule has 8 heteroatoms. The van der Waals surface area contributed by atoms with E-state index in [2.05, 4.69) is 15.3 Å². The first kappa shape index (κ1) is 20.6. The number of aromatic amines is 1. The average Bonchev–Trinajstić information content (AvgIpc) is 2.79. The molecule has 1 aliphatic heterocycles. The monoisotopic (exact) mass is 420 g/mol. The van der Waals surface area contributed by atoms with Gasteiger partial charge in [0.1, 0.15) is 0 Å². The molecule has 1 aliphatic rings. The highest BCUT2D eigenvalue weighted by Gasteiger charge is 2.28. The molecule has 2 heterocycles. The fraction of sp³-hybridized carbons (Fsp3) is 0.304. The number of nitrogens with zero attached hydrogens (tertiary/aromatic N) is 2. The number of benzene rings is 2. The van der Waals surface area contributed by atoms with E-state index in [1.165, 1.54) is 0 Å². The Morgan fingerprint density at radius 1 is 1.19 bits per heavy atom. The summed E-state index contributed by atoms with van der Waals surface area (Å²) in [6.45, 7) is 3.15. The molecule has 0 bridgehead atoms. The number of H-pyrrole nitrogens is 1. The fourth-order valence-electron chi connectivity index (χ4n) is 3.77. The van der Waals surface area contributed by atoms with Gasteiger partial charge in [0.05, 0.1) is 29.1 Å². The molecule has 8 nitrogen and oxygen atoms in total. The Bertz CT molecular complexity index is 1160. The molecule has 2 aromatic carbocycles. The highest BCUT2D eigenvalue weighted by atomic mass is 16.5. The van der Waals surface area contributed by atoms with Crippen LogP contribution in [0.3, 0.4) is 0 Å². The van der Waals surface area contributed by atoms with Crippen LogP contribution in [0.4, 0.5) is 11.5 Å². The summed E-state index contributed by atoms with van der Waals surface area (Å²) in [6.07, 6.45) is 1.52. The van der Waals surface area contributed by atoms with E-state index in [9.17, 15) is 14.4 Å². The van der Waals surface area contributed by atoms with Crippen molar-refractivity contribution in [2.75, 3.05) is 29.9 Å². The van der Waals surface area contributed by atoms with Crippen LogP contribution in [0, 0.1) is 5.92 Å². The van der Waals surface area contributed by atoms with Crippen molar-refractivity contribution < 1.29 is 14.3 Å². The molecule has 1 saturated heterocycles. The SMILES string of the molecule is CCOC(=O)c1ccc(NC(=O)[C@@H]2CCCN(c3nc4ccccc4[nH]c3=O)C2)cc1. The second-order valence-electron chi connectivity index (χ2n) is 7.48. The Morgan fingerprint density at radius 2 is 1.97 bits per heavy atom. The number of carbonyl (C=O) groups excluding carboxylic acids is 2. The van der Waals surface area contributed by atoms with Crippen molar-refractivity contribution in [3.8, 4) is 0 Å². The number of anilines is 2. The molecule has 4 rings (SSSR count). The first-order valence-electron chi connectivity index (χ1n) is 10.4. The minimum absolute atomic E-state index is 0.120. The van der Waals surface area contributed by atoms with E-state index in [4.69, 9.17) is 4.74 Å². The summed E-state index contributed by atoms with van der Waals surface area (Å²) >= 11 is 0. The number of aromatic nitrogens is 2. The van der Waals surface area contributed by atoms with Crippen molar-refractivity contribution >= 4 is 34.4 Å². The third-order valence-electron chi connectivity index (χ3n) is 5.34. The first-order valence-corrected chi connectivity index (χ1v) is 10.4. The van der Waals surface area contributed by atoms with Gasteiger partial charge in [-0.3, -0.25) is 9.59 Å². The van der Waals surface area contributed by atoms with E-state index in [0.717, 1.165) is 12.8 Å². The minimum Gasteiger partial charge on any atom is -0.462 e. The first-order chi connectivity index (χ1) is 15.0. The van der Waals surface area contributed by atoms with Gasteiger partial charge in [-0.25, -0.2) is 9.78 Å². The summed E-state index contributed by atoms with van der Waals surface area (Å²) in [5.41, 5.74) is 2.19. The lowest BCUT2D eigenvalue weighted by Crippen LogP contribution is -2.43. The van der Waals surface area contributed by atoms with E-state index in [1.807, 2.05) is 29.2 Å². The highest BCUT2D eigenvalue weighted by molar-refractivity contribution is 5.94. The largest absolute Gasteiger partial charge is 0.462 e. The fourth-order valence-corrected chi connectivity index (χ4v) is 3.77. The zero-order valence-corrected chi connectivity index (χ0v) is 17.3. The van der Waals surface area contributed by atoms with E-state index in [1.54, 1.807) is 31.2 Å². The van der Waals surface area contributed by atoms with Crippen molar-refractivity contribution in [1.82, 2.24) is 9.97 Å². The number of amides is 1. The van der Waals surface area contributed by atoms with Crippen molar-refractivity contribution in [2.24, 2.45) is 5.92 Å². The summed E-state index contributed by atoms with van der Waals surface area (Å²) in [4.78, 5) is 46.4. The third kappa shape index (κ3) is 4.58. The van der Waals surface area contributed by atoms with Crippen molar-refractivity contribution in [1.29, 1.82) is 0 Å². The maximum atomic E-state index is 12.8. The predicted molar refractivity (Wildman–Crippen MR) is 118 cm³/mol. The number of fused-ring (bicyclic) bond motifs is 1. The number of para-hydroxylation sites is 2. The average molecular weight is 420 g/mol. The molecule has 0 spiro atoms. The molecule has 3 aromatic rings. The number of carbonyl (C=O) groups is 2. The normalized spacial score (nSPS) is 16.2. The van der Waals surface area contributed by atoms with Crippen LogP contribution in [-0.2, 0) is 9.53 Å². The van der Waals surface area contributed by atoms with Crippen LogP contribution < -0.4 is 15.8 Å². The Labute approximate surface area is 179 Å². The van der Waals surface area contributed by atoms with Crippen LogP contribution in [0.2, 0.25) is 0 Å². The summed E-state index contributed by atoms with van der Waals surface area (Å²) in [5.74, 6) is -0.441. The third-order valence-corrected chi connectivity index (χ3v) is 5.34. The van der Waals surface area contributed by atoms with Gasteiger partial charge in [0.15, 0.2) is 5.82 Å². The molecule has 0 aliphatic carbocycles. The van der Waals surface area contributed by atoms with Gasteiger partial charge in [-0.2, -0.15) is 0 Å². The Hall–Kier alpha value is -3.68.